The lowest BCUT2D eigenvalue weighted by Crippen LogP contribution is -2.31. The molecule has 0 aliphatic carbocycles. The molecule has 1 aromatic rings. The second-order valence-electron chi connectivity index (χ2n) is 3.22. The number of ether oxygens (including phenoxy) is 2. The molecule has 0 saturated carbocycles. The zero-order valence-corrected chi connectivity index (χ0v) is 8.82. The molecule has 17 heavy (non-hydrogen) atoms. The van der Waals surface area contributed by atoms with Crippen molar-refractivity contribution in [2.45, 2.75) is 19.2 Å². The summed E-state index contributed by atoms with van der Waals surface area (Å²) in [6, 6.07) is 5.56. The Morgan fingerprint density at radius 1 is 1.29 bits per heavy atom. The highest BCUT2D eigenvalue weighted by atomic mass is 19.4. The highest BCUT2D eigenvalue weighted by Crippen LogP contribution is 2.23. The number of halogens is 3. The molecule has 0 spiro atoms. The quantitative estimate of drug-likeness (QED) is 0.497. The van der Waals surface area contributed by atoms with Crippen LogP contribution in [-0.2, 0) is 4.74 Å². The number of hydrogen-bond donors (Lipinski definition) is 1. The van der Waals surface area contributed by atoms with Crippen molar-refractivity contribution in [3.8, 4) is 5.75 Å². The van der Waals surface area contributed by atoms with E-state index in [2.05, 4.69) is 9.47 Å². The highest BCUT2D eigenvalue weighted by molar-refractivity contribution is 5.64. The Hall–Kier alpha value is -1.92. The molecular weight excluding hydrogens is 239 g/mol. The summed E-state index contributed by atoms with van der Waals surface area (Å²) in [5, 5.41) is 0. The predicted molar refractivity (Wildman–Crippen MR) is 53.5 cm³/mol. The number of benzene rings is 1. The molecule has 0 unspecified atom stereocenters. The van der Waals surface area contributed by atoms with E-state index in [1.165, 1.54) is 24.3 Å². The van der Waals surface area contributed by atoms with Crippen molar-refractivity contribution in [3.63, 3.8) is 0 Å². The summed E-state index contributed by atoms with van der Waals surface area (Å²) in [5.74, 6) is 0.0542. The van der Waals surface area contributed by atoms with E-state index >= 15 is 0 Å². The molecule has 1 atom stereocenters. The number of hydrogen-bond acceptors (Lipinski definition) is 4. The first kappa shape index (κ1) is 13.1. The summed E-state index contributed by atoms with van der Waals surface area (Å²) >= 11 is 0. The fraction of sp³-hybridized carbons (Fsp3) is 0.300. The molecule has 94 valence electrons. The standard InChI is InChI=1S/C10H10F3NO3/c1-6(10(11,12)13)16-9(15)17-8-4-2-7(14)3-5-8/h2-6H,14H2,1H3/t6-/m1/s1. The van der Waals surface area contributed by atoms with Gasteiger partial charge >= 0.3 is 12.3 Å². The number of nitrogens with two attached hydrogens (primary N) is 1. The third kappa shape index (κ3) is 4.21. The van der Waals surface area contributed by atoms with Gasteiger partial charge in [-0.25, -0.2) is 4.79 Å². The van der Waals surface area contributed by atoms with Crippen molar-refractivity contribution in [1.82, 2.24) is 0 Å². The van der Waals surface area contributed by atoms with Crippen molar-refractivity contribution < 1.29 is 27.4 Å². The minimum absolute atomic E-state index is 0.0542. The van der Waals surface area contributed by atoms with Gasteiger partial charge in [-0.3, -0.25) is 0 Å². The molecule has 0 bridgehead atoms. The van der Waals surface area contributed by atoms with Gasteiger partial charge in [-0.15, -0.1) is 0 Å². The van der Waals surface area contributed by atoms with Gasteiger partial charge in [-0.1, -0.05) is 0 Å². The number of nitrogen functional groups attached to an aromatic ring is 1. The summed E-state index contributed by atoms with van der Waals surface area (Å²) in [5.41, 5.74) is 5.81. The molecule has 2 N–H and O–H groups in total. The topological polar surface area (TPSA) is 61.5 Å². The van der Waals surface area contributed by atoms with Crippen LogP contribution in [0.5, 0.6) is 5.75 Å². The minimum atomic E-state index is -4.61. The Labute approximate surface area is 95.1 Å². The third-order valence-corrected chi connectivity index (χ3v) is 1.82. The fourth-order valence-electron chi connectivity index (χ4n) is 0.867. The summed E-state index contributed by atoms with van der Waals surface area (Å²) in [7, 11) is 0. The van der Waals surface area contributed by atoms with Crippen LogP contribution >= 0.6 is 0 Å². The Morgan fingerprint density at radius 3 is 2.29 bits per heavy atom. The van der Waals surface area contributed by atoms with Crippen LogP contribution in [0.1, 0.15) is 6.92 Å². The average Bonchev–Trinajstić information content (AvgIpc) is 2.20. The number of rotatable bonds is 2. The Morgan fingerprint density at radius 2 is 1.82 bits per heavy atom. The highest BCUT2D eigenvalue weighted by Gasteiger charge is 2.39. The zero-order valence-electron chi connectivity index (χ0n) is 8.82. The first-order chi connectivity index (χ1) is 7.79. The molecule has 0 fully saturated rings. The molecule has 0 heterocycles. The largest absolute Gasteiger partial charge is 0.514 e. The molecule has 4 nitrogen and oxygen atoms in total. The minimum Gasteiger partial charge on any atom is -0.421 e. The predicted octanol–water partition coefficient (Wildman–Crippen LogP) is 2.74. The first-order valence-electron chi connectivity index (χ1n) is 4.60. The van der Waals surface area contributed by atoms with Gasteiger partial charge in [0.2, 0.25) is 0 Å². The van der Waals surface area contributed by atoms with Gasteiger partial charge in [0.25, 0.3) is 0 Å². The molecule has 0 radical (unpaired) electrons. The first-order valence-corrected chi connectivity index (χ1v) is 4.60. The summed E-state index contributed by atoms with van der Waals surface area (Å²) in [6.45, 7) is 0.713. The van der Waals surface area contributed by atoms with Crippen LogP contribution in [0.25, 0.3) is 0 Å². The van der Waals surface area contributed by atoms with E-state index in [0.717, 1.165) is 0 Å². The van der Waals surface area contributed by atoms with Crippen molar-refractivity contribution in [1.29, 1.82) is 0 Å². The Bertz CT molecular complexity index is 389. The molecular formula is C10H10F3NO3. The number of carbonyl (C=O) groups is 1. The van der Waals surface area contributed by atoms with Gasteiger partial charge in [0.1, 0.15) is 5.75 Å². The maximum Gasteiger partial charge on any atom is 0.514 e. The molecule has 0 aliphatic rings. The number of anilines is 1. The summed E-state index contributed by atoms with van der Waals surface area (Å²) in [4.78, 5) is 11.0. The van der Waals surface area contributed by atoms with Gasteiger partial charge in [-0.2, -0.15) is 13.2 Å². The van der Waals surface area contributed by atoms with Crippen molar-refractivity contribution in [2.24, 2.45) is 0 Å². The van der Waals surface area contributed by atoms with Crippen LogP contribution in [0.3, 0.4) is 0 Å². The van der Waals surface area contributed by atoms with Crippen molar-refractivity contribution in [3.05, 3.63) is 24.3 Å². The van der Waals surface area contributed by atoms with E-state index in [9.17, 15) is 18.0 Å². The van der Waals surface area contributed by atoms with Gasteiger partial charge in [0.15, 0.2) is 6.10 Å². The summed E-state index contributed by atoms with van der Waals surface area (Å²) in [6.07, 6.45) is -8.25. The van der Waals surface area contributed by atoms with Crippen molar-refractivity contribution in [2.75, 3.05) is 5.73 Å². The molecule has 1 aromatic carbocycles. The monoisotopic (exact) mass is 249 g/mol. The van der Waals surface area contributed by atoms with Crippen LogP contribution in [0.15, 0.2) is 24.3 Å². The molecule has 0 aromatic heterocycles. The second kappa shape index (κ2) is 4.94. The molecule has 0 saturated heterocycles. The van der Waals surface area contributed by atoms with Gasteiger partial charge in [0, 0.05) is 5.69 Å². The van der Waals surface area contributed by atoms with E-state index in [1.807, 2.05) is 0 Å². The van der Waals surface area contributed by atoms with Crippen LogP contribution in [0.4, 0.5) is 23.7 Å². The van der Waals surface area contributed by atoms with Gasteiger partial charge in [-0.05, 0) is 31.2 Å². The Kier molecular flexibility index (Phi) is 3.82. The van der Waals surface area contributed by atoms with Gasteiger partial charge in [0.05, 0.1) is 0 Å². The average molecular weight is 249 g/mol. The maximum atomic E-state index is 12.1. The number of alkyl halides is 3. The van der Waals surface area contributed by atoms with Crippen LogP contribution in [0, 0.1) is 0 Å². The normalized spacial score (nSPS) is 12.9. The molecule has 0 amide bonds. The summed E-state index contributed by atoms with van der Waals surface area (Å²) < 4.78 is 44.7. The van der Waals surface area contributed by atoms with E-state index in [1.54, 1.807) is 0 Å². The zero-order chi connectivity index (χ0) is 13.1. The second-order valence-corrected chi connectivity index (χ2v) is 3.22. The molecule has 0 aliphatic heterocycles. The third-order valence-electron chi connectivity index (χ3n) is 1.82. The SMILES string of the molecule is C[C@@H](OC(=O)Oc1ccc(N)cc1)C(F)(F)F. The maximum absolute atomic E-state index is 12.1. The van der Waals surface area contributed by atoms with Crippen LogP contribution in [-0.4, -0.2) is 18.4 Å². The van der Waals surface area contributed by atoms with E-state index in [4.69, 9.17) is 5.73 Å². The van der Waals surface area contributed by atoms with Crippen LogP contribution in [0.2, 0.25) is 0 Å². The smallest absolute Gasteiger partial charge is 0.421 e. The van der Waals surface area contributed by atoms with E-state index < -0.39 is 18.4 Å². The van der Waals surface area contributed by atoms with Gasteiger partial charge < -0.3 is 15.2 Å². The van der Waals surface area contributed by atoms with E-state index in [0.29, 0.717) is 12.6 Å². The molecule has 1 rings (SSSR count). The van der Waals surface area contributed by atoms with Crippen LogP contribution < -0.4 is 10.5 Å². The van der Waals surface area contributed by atoms with E-state index in [-0.39, 0.29) is 5.75 Å². The Balaban J connectivity index is 2.53. The lowest BCUT2D eigenvalue weighted by atomic mass is 10.3. The fourth-order valence-corrected chi connectivity index (χ4v) is 0.867. The molecule has 7 heteroatoms. The van der Waals surface area contributed by atoms with Crippen molar-refractivity contribution >= 4 is 11.8 Å². The lowest BCUT2D eigenvalue weighted by Gasteiger charge is -2.15. The lowest BCUT2D eigenvalue weighted by molar-refractivity contribution is -0.200. The number of carbonyl (C=O) groups excluding carboxylic acids is 1.